The van der Waals surface area contributed by atoms with Crippen molar-refractivity contribution in [1.82, 2.24) is 4.90 Å². The maximum absolute atomic E-state index is 5.61. The van der Waals surface area contributed by atoms with Gasteiger partial charge >= 0.3 is 0 Å². The quantitative estimate of drug-likeness (QED) is 0.763. The Morgan fingerprint density at radius 3 is 3.08 bits per heavy atom. The highest BCUT2D eigenvalue weighted by molar-refractivity contribution is 7.07. The fourth-order valence-corrected chi connectivity index (χ4v) is 2.25. The van der Waals surface area contributed by atoms with Gasteiger partial charge in [-0.25, -0.2) is 0 Å². The number of nitrogens with two attached hydrogens (primary N) is 1. The molecule has 0 amide bonds. The zero-order valence-corrected chi connectivity index (χ0v) is 7.89. The first-order chi connectivity index (χ1) is 5.90. The van der Waals surface area contributed by atoms with Crippen LogP contribution in [0.3, 0.4) is 0 Å². The van der Waals surface area contributed by atoms with E-state index in [4.69, 9.17) is 5.73 Å². The minimum absolute atomic E-state index is 0.643. The molecule has 2 N–H and O–H groups in total. The first-order valence-corrected chi connectivity index (χ1v) is 5.29. The molecule has 0 aliphatic carbocycles. The highest BCUT2D eigenvalue weighted by Crippen LogP contribution is 2.20. The Balaban J connectivity index is 1.88. The Kier molecular flexibility index (Phi) is 2.44. The molecule has 2 heterocycles. The van der Waals surface area contributed by atoms with E-state index in [9.17, 15) is 0 Å². The molecule has 2 rings (SSSR count). The van der Waals surface area contributed by atoms with Gasteiger partial charge in [-0.3, -0.25) is 4.90 Å². The summed E-state index contributed by atoms with van der Waals surface area (Å²) in [5.74, 6) is 0. The van der Waals surface area contributed by atoms with Gasteiger partial charge in [0, 0.05) is 25.7 Å². The molecule has 12 heavy (non-hydrogen) atoms. The second-order valence-corrected chi connectivity index (χ2v) is 4.06. The molecule has 0 radical (unpaired) electrons. The lowest BCUT2D eigenvalue weighted by atomic mass is 10.0. The summed E-state index contributed by atoms with van der Waals surface area (Å²) in [6.45, 7) is 3.12. The molecule has 0 bridgehead atoms. The number of nitrogens with zero attached hydrogens (tertiary/aromatic N) is 1. The molecule has 1 aromatic rings. The molecule has 1 fully saturated rings. The second kappa shape index (κ2) is 3.56. The van der Waals surface area contributed by atoms with E-state index in [-0.39, 0.29) is 0 Å². The molecule has 0 spiro atoms. The number of hydrogen-bond donors (Lipinski definition) is 1. The molecule has 1 aliphatic heterocycles. The van der Waals surface area contributed by atoms with E-state index >= 15 is 0 Å². The molecule has 1 aromatic heterocycles. The average molecular weight is 182 g/mol. The number of rotatable bonds is 3. The third-order valence-electron chi connectivity index (χ3n) is 2.50. The summed E-state index contributed by atoms with van der Waals surface area (Å²) in [6, 6.07) is 2.83. The molecule has 66 valence electrons. The first-order valence-electron chi connectivity index (χ1n) is 4.35. The topological polar surface area (TPSA) is 29.3 Å². The van der Waals surface area contributed by atoms with Crippen LogP contribution in [0.25, 0.3) is 0 Å². The molecular formula is C9H14N2S. The molecule has 1 saturated heterocycles. The van der Waals surface area contributed by atoms with Crippen molar-refractivity contribution in [2.75, 3.05) is 13.1 Å². The monoisotopic (exact) mass is 182 g/mol. The van der Waals surface area contributed by atoms with Gasteiger partial charge in [-0.15, -0.1) is 0 Å². The normalized spacial score (nSPS) is 23.9. The van der Waals surface area contributed by atoms with Crippen molar-refractivity contribution in [3.05, 3.63) is 22.4 Å². The summed E-state index contributed by atoms with van der Waals surface area (Å²) in [5.41, 5.74) is 7.04. The van der Waals surface area contributed by atoms with Crippen LogP contribution in [-0.4, -0.2) is 24.0 Å². The minimum atomic E-state index is 0.643. The first kappa shape index (κ1) is 8.23. The predicted molar refractivity (Wildman–Crippen MR) is 52.2 cm³/mol. The molecule has 2 nitrogen and oxygen atoms in total. The van der Waals surface area contributed by atoms with Gasteiger partial charge in [0.15, 0.2) is 0 Å². The van der Waals surface area contributed by atoms with Gasteiger partial charge in [0.1, 0.15) is 0 Å². The Bertz CT molecular complexity index is 231. The van der Waals surface area contributed by atoms with Crippen LogP contribution in [0.1, 0.15) is 12.0 Å². The lowest BCUT2D eigenvalue weighted by Gasteiger charge is -2.40. The number of thiophene rings is 1. The van der Waals surface area contributed by atoms with Crippen LogP contribution in [0.5, 0.6) is 0 Å². The van der Waals surface area contributed by atoms with Crippen molar-refractivity contribution >= 4 is 11.3 Å². The van der Waals surface area contributed by atoms with Gasteiger partial charge in [0.05, 0.1) is 0 Å². The fraction of sp³-hybridized carbons (Fsp3) is 0.556. The van der Waals surface area contributed by atoms with Crippen LogP contribution >= 0.6 is 11.3 Å². The summed E-state index contributed by atoms with van der Waals surface area (Å²) in [7, 11) is 0. The zero-order chi connectivity index (χ0) is 8.39. The lowest BCUT2D eigenvalue weighted by molar-refractivity contribution is 0.0884. The maximum Gasteiger partial charge on any atom is 0.0245 e. The number of likely N-dealkylation sites (tertiary alicyclic amines) is 1. The van der Waals surface area contributed by atoms with E-state index in [1.54, 1.807) is 11.3 Å². The number of hydrogen-bond acceptors (Lipinski definition) is 3. The van der Waals surface area contributed by atoms with Crippen molar-refractivity contribution < 1.29 is 0 Å². The summed E-state index contributed by atoms with van der Waals surface area (Å²) < 4.78 is 0. The largest absolute Gasteiger partial charge is 0.329 e. The van der Waals surface area contributed by atoms with Crippen molar-refractivity contribution in [2.24, 2.45) is 5.73 Å². The van der Waals surface area contributed by atoms with Crippen LogP contribution in [-0.2, 0) is 6.54 Å². The van der Waals surface area contributed by atoms with Crippen molar-refractivity contribution in [1.29, 1.82) is 0 Å². The van der Waals surface area contributed by atoms with Crippen molar-refractivity contribution in [3.8, 4) is 0 Å². The van der Waals surface area contributed by atoms with E-state index in [1.165, 1.54) is 18.5 Å². The van der Waals surface area contributed by atoms with E-state index < -0.39 is 0 Å². The van der Waals surface area contributed by atoms with Gasteiger partial charge in [-0.05, 0) is 28.8 Å². The van der Waals surface area contributed by atoms with Gasteiger partial charge in [0.2, 0.25) is 0 Å². The second-order valence-electron chi connectivity index (χ2n) is 3.28. The van der Waals surface area contributed by atoms with E-state index in [2.05, 4.69) is 21.7 Å². The fourth-order valence-electron chi connectivity index (χ4n) is 1.59. The smallest absolute Gasteiger partial charge is 0.0245 e. The summed E-state index contributed by atoms with van der Waals surface area (Å²) in [6.07, 6.45) is 1.28. The van der Waals surface area contributed by atoms with Crippen molar-refractivity contribution in [3.63, 3.8) is 0 Å². The van der Waals surface area contributed by atoms with Crippen LogP contribution in [0, 0.1) is 0 Å². The molecule has 1 aliphatic rings. The Hall–Kier alpha value is -0.380. The Morgan fingerprint density at radius 1 is 1.67 bits per heavy atom. The molecule has 1 atom stereocenters. The minimum Gasteiger partial charge on any atom is -0.329 e. The lowest BCUT2D eigenvalue weighted by Crippen LogP contribution is -2.50. The van der Waals surface area contributed by atoms with Crippen molar-refractivity contribution in [2.45, 2.75) is 19.0 Å². The third-order valence-corrected chi connectivity index (χ3v) is 3.24. The van der Waals surface area contributed by atoms with E-state index in [0.29, 0.717) is 6.04 Å². The van der Waals surface area contributed by atoms with E-state index in [0.717, 1.165) is 13.1 Å². The van der Waals surface area contributed by atoms with Crippen LogP contribution < -0.4 is 5.73 Å². The molecule has 0 aromatic carbocycles. The summed E-state index contributed by atoms with van der Waals surface area (Å²) >= 11 is 1.77. The molecular weight excluding hydrogens is 168 g/mol. The molecule has 3 heteroatoms. The highest BCUT2D eigenvalue weighted by atomic mass is 32.1. The average Bonchev–Trinajstić information content (AvgIpc) is 2.51. The molecule has 0 saturated carbocycles. The highest BCUT2D eigenvalue weighted by Gasteiger charge is 2.25. The van der Waals surface area contributed by atoms with Crippen LogP contribution in [0.4, 0.5) is 0 Å². The SMILES string of the molecule is NCC1CCN1Cc1ccsc1. The predicted octanol–water partition coefficient (Wildman–Crippen LogP) is 1.28. The van der Waals surface area contributed by atoms with Gasteiger partial charge in [-0.2, -0.15) is 11.3 Å². The Labute approximate surface area is 77.0 Å². The third kappa shape index (κ3) is 1.53. The summed E-state index contributed by atoms with van der Waals surface area (Å²) in [5, 5.41) is 4.35. The van der Waals surface area contributed by atoms with Gasteiger partial charge in [0.25, 0.3) is 0 Å². The Morgan fingerprint density at radius 2 is 2.58 bits per heavy atom. The van der Waals surface area contributed by atoms with E-state index in [1.807, 2.05) is 0 Å². The van der Waals surface area contributed by atoms with Gasteiger partial charge in [-0.1, -0.05) is 0 Å². The van der Waals surface area contributed by atoms with Crippen LogP contribution in [0.15, 0.2) is 16.8 Å². The van der Waals surface area contributed by atoms with Gasteiger partial charge < -0.3 is 5.73 Å². The van der Waals surface area contributed by atoms with Crippen LogP contribution in [0.2, 0.25) is 0 Å². The standard InChI is InChI=1S/C9H14N2S/c10-5-9-1-3-11(9)6-8-2-4-12-7-8/h2,4,7,9H,1,3,5-6,10H2. The molecule has 1 unspecified atom stereocenters. The summed E-state index contributed by atoms with van der Waals surface area (Å²) in [4.78, 5) is 2.45. The maximum atomic E-state index is 5.61. The zero-order valence-electron chi connectivity index (χ0n) is 7.07.